The fourth-order valence-electron chi connectivity index (χ4n) is 1.48. The van der Waals surface area contributed by atoms with Crippen molar-refractivity contribution in [3.63, 3.8) is 0 Å². The Morgan fingerprint density at radius 1 is 1.31 bits per heavy atom. The van der Waals surface area contributed by atoms with Crippen LogP contribution >= 0.6 is 0 Å². The van der Waals surface area contributed by atoms with Crippen LogP contribution in [0.5, 0.6) is 0 Å². The van der Waals surface area contributed by atoms with E-state index >= 15 is 0 Å². The van der Waals surface area contributed by atoms with Crippen LogP contribution in [0.3, 0.4) is 0 Å². The third-order valence-corrected chi connectivity index (χ3v) is 2.15. The maximum Gasteiger partial charge on any atom is 0.00483 e. The zero-order chi connectivity index (χ0) is 10.5. The Morgan fingerprint density at radius 2 is 1.85 bits per heavy atom. The Balaban J connectivity index is 3.57. The molecule has 0 bridgehead atoms. The van der Waals surface area contributed by atoms with E-state index in [9.17, 15) is 0 Å². The molecule has 0 saturated carbocycles. The van der Waals surface area contributed by atoms with Gasteiger partial charge in [-0.05, 0) is 31.8 Å². The third-order valence-electron chi connectivity index (χ3n) is 2.15. The summed E-state index contributed by atoms with van der Waals surface area (Å²) in [5.41, 5.74) is 6.25. The van der Waals surface area contributed by atoms with Gasteiger partial charge in [-0.3, -0.25) is 0 Å². The fraction of sp³-hybridized carbons (Fsp3) is 1.00. The molecule has 0 fully saturated rings. The van der Waals surface area contributed by atoms with E-state index < -0.39 is 0 Å². The Kier molecular flexibility index (Phi) is 5.57. The summed E-state index contributed by atoms with van der Waals surface area (Å²) in [6.07, 6.45) is 2.20. The van der Waals surface area contributed by atoms with Crippen LogP contribution in [-0.2, 0) is 0 Å². The Morgan fingerprint density at radius 3 is 2.23 bits per heavy atom. The molecule has 1 unspecified atom stereocenters. The zero-order valence-electron chi connectivity index (χ0n) is 9.93. The molecule has 13 heavy (non-hydrogen) atoms. The minimum absolute atomic E-state index is 0.377. The predicted octanol–water partition coefficient (Wildman–Crippen LogP) is 2.09. The second kappa shape index (κ2) is 5.61. The largest absolute Gasteiger partial charge is 0.328 e. The number of hydrogen-bond acceptors (Lipinski definition) is 2. The molecule has 0 aromatic rings. The summed E-state index contributed by atoms with van der Waals surface area (Å²) in [5.74, 6) is 0. The normalized spacial score (nSPS) is 15.0. The minimum Gasteiger partial charge on any atom is -0.328 e. The first-order valence-corrected chi connectivity index (χ1v) is 5.29. The van der Waals surface area contributed by atoms with E-state index in [1.807, 2.05) is 0 Å². The van der Waals surface area contributed by atoms with Crippen LogP contribution in [0.4, 0.5) is 0 Å². The molecule has 0 aliphatic rings. The molecule has 80 valence electrons. The Bertz CT molecular complexity index is 127. The van der Waals surface area contributed by atoms with Gasteiger partial charge in [0.05, 0.1) is 0 Å². The number of nitrogens with zero attached hydrogens (tertiary/aromatic N) is 1. The highest BCUT2D eigenvalue weighted by molar-refractivity contribution is 4.68. The summed E-state index contributed by atoms with van der Waals surface area (Å²) in [5, 5.41) is 0. The molecule has 0 heterocycles. The first-order chi connectivity index (χ1) is 5.85. The van der Waals surface area contributed by atoms with Gasteiger partial charge in [-0.25, -0.2) is 0 Å². The summed E-state index contributed by atoms with van der Waals surface area (Å²) in [7, 11) is 2.17. The molecule has 0 radical (unpaired) electrons. The summed E-state index contributed by atoms with van der Waals surface area (Å²) >= 11 is 0. The van der Waals surface area contributed by atoms with Crippen molar-refractivity contribution >= 4 is 0 Å². The molecule has 0 aromatic carbocycles. The number of hydrogen-bond donors (Lipinski definition) is 1. The lowest BCUT2D eigenvalue weighted by Crippen LogP contribution is -2.33. The van der Waals surface area contributed by atoms with Crippen molar-refractivity contribution in [2.75, 3.05) is 20.1 Å². The molecule has 0 saturated heterocycles. The summed E-state index contributed by atoms with van der Waals surface area (Å²) in [6, 6.07) is 0.377. The summed E-state index contributed by atoms with van der Waals surface area (Å²) in [4.78, 5) is 2.37. The van der Waals surface area contributed by atoms with Gasteiger partial charge in [0.25, 0.3) is 0 Å². The van der Waals surface area contributed by atoms with Crippen molar-refractivity contribution < 1.29 is 0 Å². The fourth-order valence-corrected chi connectivity index (χ4v) is 1.48. The van der Waals surface area contributed by atoms with Crippen molar-refractivity contribution in [3.05, 3.63) is 0 Å². The van der Waals surface area contributed by atoms with Gasteiger partial charge in [0, 0.05) is 12.6 Å². The van der Waals surface area contributed by atoms with E-state index in [1.54, 1.807) is 0 Å². The lowest BCUT2D eigenvalue weighted by Gasteiger charge is -2.27. The molecule has 2 heteroatoms. The van der Waals surface area contributed by atoms with Gasteiger partial charge in [0.2, 0.25) is 0 Å². The van der Waals surface area contributed by atoms with Crippen molar-refractivity contribution in [1.82, 2.24) is 4.90 Å². The van der Waals surface area contributed by atoms with Crippen LogP contribution in [0, 0.1) is 5.41 Å². The molecule has 2 nitrogen and oxygen atoms in total. The van der Waals surface area contributed by atoms with E-state index in [0.717, 1.165) is 25.9 Å². The first kappa shape index (κ1) is 12.9. The van der Waals surface area contributed by atoms with Gasteiger partial charge in [0.15, 0.2) is 0 Å². The molecule has 0 aromatic heterocycles. The molecule has 0 aliphatic carbocycles. The van der Waals surface area contributed by atoms with Gasteiger partial charge < -0.3 is 10.6 Å². The molecule has 0 rings (SSSR count). The van der Waals surface area contributed by atoms with Crippen LogP contribution < -0.4 is 5.73 Å². The molecule has 2 N–H and O–H groups in total. The standard InChI is InChI=1S/C11H26N2/c1-6-10(12)7-8-13(5)9-11(2,3)4/h10H,6-9,12H2,1-5H3. The van der Waals surface area contributed by atoms with E-state index in [-0.39, 0.29) is 0 Å². The highest BCUT2D eigenvalue weighted by Crippen LogP contribution is 2.14. The second-order valence-electron chi connectivity index (χ2n) is 5.26. The monoisotopic (exact) mass is 186 g/mol. The van der Waals surface area contributed by atoms with Crippen molar-refractivity contribution in [2.24, 2.45) is 11.1 Å². The van der Waals surface area contributed by atoms with E-state index in [2.05, 4.69) is 39.6 Å². The average Bonchev–Trinajstić information content (AvgIpc) is 1.97. The van der Waals surface area contributed by atoms with Crippen LogP contribution in [-0.4, -0.2) is 31.1 Å². The lowest BCUT2D eigenvalue weighted by molar-refractivity contribution is 0.220. The smallest absolute Gasteiger partial charge is 0.00483 e. The molecule has 0 amide bonds. The number of nitrogens with two attached hydrogens (primary N) is 1. The van der Waals surface area contributed by atoms with Gasteiger partial charge in [-0.1, -0.05) is 27.7 Å². The van der Waals surface area contributed by atoms with Gasteiger partial charge >= 0.3 is 0 Å². The first-order valence-electron chi connectivity index (χ1n) is 5.29. The Labute approximate surface area is 83.5 Å². The van der Waals surface area contributed by atoms with Crippen molar-refractivity contribution in [1.29, 1.82) is 0 Å². The van der Waals surface area contributed by atoms with Crippen LogP contribution in [0.2, 0.25) is 0 Å². The van der Waals surface area contributed by atoms with Gasteiger partial charge in [0.1, 0.15) is 0 Å². The van der Waals surface area contributed by atoms with E-state index in [4.69, 9.17) is 5.73 Å². The second-order valence-corrected chi connectivity index (χ2v) is 5.26. The predicted molar refractivity (Wildman–Crippen MR) is 59.8 cm³/mol. The average molecular weight is 186 g/mol. The summed E-state index contributed by atoms with van der Waals surface area (Å²) < 4.78 is 0. The molecule has 1 atom stereocenters. The third kappa shape index (κ3) is 8.26. The Hall–Kier alpha value is -0.0800. The topological polar surface area (TPSA) is 29.3 Å². The van der Waals surface area contributed by atoms with Crippen molar-refractivity contribution in [2.45, 2.75) is 46.6 Å². The van der Waals surface area contributed by atoms with Crippen LogP contribution in [0.1, 0.15) is 40.5 Å². The lowest BCUT2D eigenvalue weighted by atomic mass is 9.96. The highest BCUT2D eigenvalue weighted by Gasteiger charge is 2.13. The van der Waals surface area contributed by atoms with Crippen LogP contribution in [0.25, 0.3) is 0 Å². The zero-order valence-corrected chi connectivity index (χ0v) is 9.93. The minimum atomic E-state index is 0.377. The summed E-state index contributed by atoms with van der Waals surface area (Å²) in [6.45, 7) is 11.2. The van der Waals surface area contributed by atoms with Gasteiger partial charge in [-0.15, -0.1) is 0 Å². The van der Waals surface area contributed by atoms with E-state index in [0.29, 0.717) is 11.5 Å². The molecular formula is C11H26N2. The number of rotatable bonds is 5. The maximum absolute atomic E-state index is 5.86. The maximum atomic E-state index is 5.86. The molecule has 0 spiro atoms. The highest BCUT2D eigenvalue weighted by atomic mass is 15.1. The van der Waals surface area contributed by atoms with Gasteiger partial charge in [-0.2, -0.15) is 0 Å². The van der Waals surface area contributed by atoms with Crippen LogP contribution in [0.15, 0.2) is 0 Å². The van der Waals surface area contributed by atoms with Crippen molar-refractivity contribution in [3.8, 4) is 0 Å². The molecular weight excluding hydrogens is 160 g/mol. The quantitative estimate of drug-likeness (QED) is 0.712. The van der Waals surface area contributed by atoms with E-state index in [1.165, 1.54) is 0 Å². The molecule has 0 aliphatic heterocycles. The SMILES string of the molecule is CCC(N)CCN(C)CC(C)(C)C.